The van der Waals surface area contributed by atoms with Crippen molar-refractivity contribution in [1.29, 1.82) is 5.26 Å². The highest BCUT2D eigenvalue weighted by Gasteiger charge is 2.23. The van der Waals surface area contributed by atoms with Crippen LogP contribution in [0.15, 0.2) is 59.1 Å². The Bertz CT molecular complexity index is 1140. The number of amides is 1. The maximum Gasteiger partial charge on any atom is 0.243 e. The standard InChI is InChI=1S/C19H17N5O3S2/c1-24(29(26,27)16-4-2-14(10-20)3-5-16)12-18(25)22-11-19-23-17(13-28-19)15-6-8-21-9-7-15/h2-9,13H,11-12H2,1H3,(H,22,25). The largest absolute Gasteiger partial charge is 0.348 e. The normalized spacial score (nSPS) is 11.2. The second-order valence-electron chi connectivity index (χ2n) is 6.04. The fraction of sp³-hybridized carbons (Fsp3) is 0.158. The van der Waals surface area contributed by atoms with Crippen LogP contribution in [0.2, 0.25) is 0 Å². The van der Waals surface area contributed by atoms with E-state index >= 15 is 0 Å². The molecule has 0 unspecified atom stereocenters. The molecule has 8 nitrogen and oxygen atoms in total. The summed E-state index contributed by atoms with van der Waals surface area (Å²) in [5, 5.41) is 14.1. The van der Waals surface area contributed by atoms with Crippen LogP contribution in [0.3, 0.4) is 0 Å². The Morgan fingerprint density at radius 2 is 1.90 bits per heavy atom. The number of thiazole rings is 1. The Kier molecular flexibility index (Phi) is 6.33. The van der Waals surface area contributed by atoms with Gasteiger partial charge in [-0.15, -0.1) is 11.3 Å². The molecular formula is C19H17N5O3S2. The fourth-order valence-corrected chi connectivity index (χ4v) is 4.32. The molecule has 1 amide bonds. The van der Waals surface area contributed by atoms with Crippen LogP contribution in [0.25, 0.3) is 11.3 Å². The number of nitrogens with zero attached hydrogens (tertiary/aromatic N) is 4. The highest BCUT2D eigenvalue weighted by Crippen LogP contribution is 2.21. The van der Waals surface area contributed by atoms with Gasteiger partial charge >= 0.3 is 0 Å². The van der Waals surface area contributed by atoms with Crippen molar-refractivity contribution >= 4 is 27.3 Å². The molecule has 29 heavy (non-hydrogen) atoms. The number of hydrogen-bond donors (Lipinski definition) is 1. The Morgan fingerprint density at radius 3 is 2.55 bits per heavy atom. The van der Waals surface area contributed by atoms with Crippen LogP contribution >= 0.6 is 11.3 Å². The molecular weight excluding hydrogens is 410 g/mol. The highest BCUT2D eigenvalue weighted by molar-refractivity contribution is 7.89. The molecule has 0 radical (unpaired) electrons. The third kappa shape index (κ3) is 5.03. The third-order valence-electron chi connectivity index (χ3n) is 4.02. The Balaban J connectivity index is 1.57. The van der Waals surface area contributed by atoms with Crippen molar-refractivity contribution in [2.45, 2.75) is 11.4 Å². The van der Waals surface area contributed by atoms with Crippen LogP contribution in [0.4, 0.5) is 0 Å². The average Bonchev–Trinajstić information content (AvgIpc) is 3.22. The molecule has 2 heterocycles. The van der Waals surface area contributed by atoms with Crippen molar-refractivity contribution < 1.29 is 13.2 Å². The molecule has 0 aliphatic heterocycles. The van der Waals surface area contributed by atoms with Crippen LogP contribution < -0.4 is 5.32 Å². The number of likely N-dealkylation sites (N-methyl/N-ethyl adjacent to an activating group) is 1. The molecule has 1 aromatic carbocycles. The van der Waals surface area contributed by atoms with Crippen molar-refractivity contribution in [1.82, 2.24) is 19.6 Å². The number of nitrogens with one attached hydrogen (secondary N) is 1. The summed E-state index contributed by atoms with van der Waals surface area (Å²) in [6.07, 6.45) is 3.36. The first kappa shape index (κ1) is 20.6. The van der Waals surface area contributed by atoms with Gasteiger partial charge in [-0.05, 0) is 36.4 Å². The zero-order valence-electron chi connectivity index (χ0n) is 15.4. The van der Waals surface area contributed by atoms with Gasteiger partial charge in [-0.1, -0.05) is 0 Å². The monoisotopic (exact) mass is 427 g/mol. The lowest BCUT2D eigenvalue weighted by Gasteiger charge is -2.16. The quantitative estimate of drug-likeness (QED) is 0.617. The highest BCUT2D eigenvalue weighted by atomic mass is 32.2. The first-order chi connectivity index (χ1) is 13.9. The van der Waals surface area contributed by atoms with Gasteiger partial charge in [-0.3, -0.25) is 9.78 Å². The average molecular weight is 428 g/mol. The van der Waals surface area contributed by atoms with Gasteiger partial charge in [0.2, 0.25) is 15.9 Å². The summed E-state index contributed by atoms with van der Waals surface area (Å²) in [7, 11) is -2.50. The zero-order valence-corrected chi connectivity index (χ0v) is 17.1. The number of nitriles is 1. The summed E-state index contributed by atoms with van der Waals surface area (Å²) in [5.41, 5.74) is 2.09. The molecule has 0 atom stereocenters. The minimum Gasteiger partial charge on any atom is -0.348 e. The molecule has 2 aromatic heterocycles. The molecule has 0 bridgehead atoms. The Hall–Kier alpha value is -3.13. The molecule has 0 fully saturated rings. The van der Waals surface area contributed by atoms with E-state index in [1.54, 1.807) is 12.4 Å². The summed E-state index contributed by atoms with van der Waals surface area (Å²) in [6, 6.07) is 11.2. The van der Waals surface area contributed by atoms with E-state index in [4.69, 9.17) is 5.26 Å². The van der Waals surface area contributed by atoms with E-state index in [0.29, 0.717) is 10.6 Å². The van der Waals surface area contributed by atoms with Gasteiger partial charge in [0.05, 0.1) is 35.3 Å². The predicted octanol–water partition coefficient (Wildman–Crippen LogP) is 2.01. The van der Waals surface area contributed by atoms with E-state index in [-0.39, 0.29) is 18.0 Å². The predicted molar refractivity (Wildman–Crippen MR) is 108 cm³/mol. The summed E-state index contributed by atoms with van der Waals surface area (Å²) in [5.74, 6) is -0.439. The maximum atomic E-state index is 12.5. The minimum atomic E-state index is -3.83. The number of rotatable bonds is 7. The topological polar surface area (TPSA) is 116 Å². The summed E-state index contributed by atoms with van der Waals surface area (Å²) in [6.45, 7) is -0.121. The Labute approximate surface area is 172 Å². The number of pyridine rings is 1. The van der Waals surface area contributed by atoms with E-state index in [1.807, 2.05) is 23.6 Å². The first-order valence-corrected chi connectivity index (χ1v) is 10.8. The van der Waals surface area contributed by atoms with E-state index in [0.717, 1.165) is 15.6 Å². The third-order valence-corrected chi connectivity index (χ3v) is 6.69. The van der Waals surface area contributed by atoms with Gasteiger partial charge in [-0.2, -0.15) is 9.57 Å². The Morgan fingerprint density at radius 1 is 1.21 bits per heavy atom. The van der Waals surface area contributed by atoms with E-state index < -0.39 is 15.9 Å². The molecule has 0 spiro atoms. The van der Waals surface area contributed by atoms with Crippen LogP contribution in [0.1, 0.15) is 10.6 Å². The van der Waals surface area contributed by atoms with Crippen molar-refractivity contribution in [2.24, 2.45) is 0 Å². The van der Waals surface area contributed by atoms with Crippen LogP contribution in [0, 0.1) is 11.3 Å². The maximum absolute atomic E-state index is 12.5. The van der Waals surface area contributed by atoms with Crippen molar-refractivity contribution in [3.63, 3.8) is 0 Å². The number of carbonyl (C=O) groups is 1. The number of benzene rings is 1. The van der Waals surface area contributed by atoms with E-state index in [9.17, 15) is 13.2 Å². The first-order valence-electron chi connectivity index (χ1n) is 8.48. The van der Waals surface area contributed by atoms with Crippen LogP contribution in [-0.2, 0) is 21.4 Å². The molecule has 3 rings (SSSR count). The number of sulfonamides is 1. The number of aromatic nitrogens is 2. The zero-order chi connectivity index (χ0) is 20.9. The summed E-state index contributed by atoms with van der Waals surface area (Å²) >= 11 is 1.41. The van der Waals surface area contributed by atoms with Crippen molar-refractivity contribution in [3.05, 3.63) is 64.7 Å². The van der Waals surface area contributed by atoms with Gasteiger partial charge in [-0.25, -0.2) is 13.4 Å². The van der Waals surface area contributed by atoms with Crippen LogP contribution in [0.5, 0.6) is 0 Å². The molecule has 10 heteroatoms. The van der Waals surface area contributed by atoms with Gasteiger partial charge in [0.15, 0.2) is 0 Å². The van der Waals surface area contributed by atoms with Crippen molar-refractivity contribution in [2.75, 3.05) is 13.6 Å². The molecule has 0 saturated heterocycles. The fourth-order valence-electron chi connectivity index (χ4n) is 2.45. The summed E-state index contributed by atoms with van der Waals surface area (Å²) in [4.78, 5) is 20.6. The second-order valence-corrected chi connectivity index (χ2v) is 9.02. The van der Waals surface area contributed by atoms with E-state index in [1.165, 1.54) is 42.6 Å². The van der Waals surface area contributed by atoms with E-state index in [2.05, 4.69) is 15.3 Å². The van der Waals surface area contributed by atoms with Crippen LogP contribution in [-0.4, -0.2) is 42.2 Å². The molecule has 0 saturated carbocycles. The second kappa shape index (κ2) is 8.91. The minimum absolute atomic E-state index is 0.0220. The van der Waals surface area contributed by atoms with Gasteiger partial charge in [0, 0.05) is 30.4 Å². The lowest BCUT2D eigenvalue weighted by molar-refractivity contribution is -0.121. The molecule has 0 aliphatic carbocycles. The molecule has 1 N–H and O–H groups in total. The lowest BCUT2D eigenvalue weighted by Crippen LogP contribution is -2.38. The smallest absolute Gasteiger partial charge is 0.243 e. The van der Waals surface area contributed by atoms with Gasteiger partial charge < -0.3 is 5.32 Å². The molecule has 0 aliphatic rings. The number of hydrogen-bond acceptors (Lipinski definition) is 7. The SMILES string of the molecule is CN(CC(=O)NCc1nc(-c2ccncc2)cs1)S(=O)(=O)c1ccc(C#N)cc1. The number of carbonyl (C=O) groups excluding carboxylic acids is 1. The molecule has 3 aromatic rings. The molecule has 148 valence electrons. The summed E-state index contributed by atoms with van der Waals surface area (Å²) < 4.78 is 26.1. The van der Waals surface area contributed by atoms with Gasteiger partial charge in [0.1, 0.15) is 5.01 Å². The van der Waals surface area contributed by atoms with Crippen molar-refractivity contribution in [3.8, 4) is 17.3 Å². The van der Waals surface area contributed by atoms with Gasteiger partial charge in [0.25, 0.3) is 0 Å². The lowest BCUT2D eigenvalue weighted by atomic mass is 10.2.